The quantitative estimate of drug-likeness (QED) is 0.293. The van der Waals surface area contributed by atoms with Crippen LogP contribution in [0.4, 0.5) is 0 Å². The number of hydrogen-bond donors (Lipinski definition) is 0. The summed E-state index contributed by atoms with van der Waals surface area (Å²) in [5.41, 5.74) is 3.44. The summed E-state index contributed by atoms with van der Waals surface area (Å²) in [6.45, 7) is 4.18. The maximum Gasteiger partial charge on any atom is 0.345 e. The van der Waals surface area contributed by atoms with Crippen molar-refractivity contribution in [3.63, 3.8) is 0 Å². The van der Waals surface area contributed by atoms with Crippen LogP contribution < -0.4 is 9.72 Å². The number of carbonyl (C=O) groups is 1. The second kappa shape index (κ2) is 6.60. The molecule has 3 aromatic carbocycles. The van der Waals surface area contributed by atoms with Crippen molar-refractivity contribution in [2.24, 2.45) is 0 Å². The van der Waals surface area contributed by atoms with Crippen molar-refractivity contribution in [1.29, 1.82) is 0 Å². The van der Waals surface area contributed by atoms with Gasteiger partial charge in [0, 0.05) is 12.1 Å². The first-order valence-electron chi connectivity index (χ1n) is 8.79. The lowest BCUT2D eigenvalue weighted by Gasteiger charge is -2.13. The van der Waals surface area contributed by atoms with Gasteiger partial charge in [-0.2, -0.15) is 0 Å². The standard InChI is InChI=1S/C23H19NO2/c1-15(2)16-9-5-8-14-21(16)26-23(25)22-17-10-3-6-12-19(17)24-20-13-7-4-11-18(20)22/h3-15H,1-2H3/p+1. The van der Waals surface area contributed by atoms with Gasteiger partial charge in [-0.1, -0.05) is 56.3 Å². The third-order valence-corrected chi connectivity index (χ3v) is 4.61. The van der Waals surface area contributed by atoms with Crippen LogP contribution in [0.2, 0.25) is 0 Å². The smallest absolute Gasteiger partial charge is 0.345 e. The molecule has 4 rings (SSSR count). The highest BCUT2D eigenvalue weighted by atomic mass is 16.5. The van der Waals surface area contributed by atoms with Crippen molar-refractivity contribution in [3.05, 3.63) is 83.9 Å². The largest absolute Gasteiger partial charge is 0.423 e. The number of ether oxygens (including phenoxy) is 1. The number of pyridine rings is 1. The van der Waals surface area contributed by atoms with E-state index in [4.69, 9.17) is 4.74 Å². The lowest BCUT2D eigenvalue weighted by atomic mass is 10.0. The van der Waals surface area contributed by atoms with E-state index < -0.39 is 0 Å². The van der Waals surface area contributed by atoms with Gasteiger partial charge < -0.3 is 4.74 Å². The van der Waals surface area contributed by atoms with Gasteiger partial charge in [-0.3, -0.25) is 0 Å². The zero-order valence-electron chi connectivity index (χ0n) is 14.8. The van der Waals surface area contributed by atoms with E-state index in [9.17, 15) is 4.79 Å². The zero-order valence-corrected chi connectivity index (χ0v) is 14.8. The number of esters is 1. The number of rotatable bonds is 3. The van der Waals surface area contributed by atoms with Crippen LogP contribution in [0.5, 0.6) is 5.75 Å². The first-order valence-corrected chi connectivity index (χ1v) is 8.79. The zero-order chi connectivity index (χ0) is 18.1. The molecule has 3 heteroatoms. The lowest BCUT2D eigenvalue weighted by Crippen LogP contribution is -2.15. The molecular formula is C23H20NO2+. The van der Waals surface area contributed by atoms with Crippen molar-refractivity contribution in [2.45, 2.75) is 19.8 Å². The summed E-state index contributed by atoms with van der Waals surface area (Å²) in [6.07, 6.45) is 0. The Bertz CT molecular complexity index is 1060. The fourth-order valence-electron chi connectivity index (χ4n) is 3.33. The monoisotopic (exact) mass is 342 g/mol. The number of aromatic nitrogens is 1. The first-order chi connectivity index (χ1) is 12.6. The third kappa shape index (κ3) is 2.82. The van der Waals surface area contributed by atoms with Crippen molar-refractivity contribution < 1.29 is 14.5 Å². The molecule has 4 aromatic rings. The predicted octanol–water partition coefficient (Wildman–Crippen LogP) is 5.15. The van der Waals surface area contributed by atoms with Crippen LogP contribution in [0.1, 0.15) is 35.7 Å². The summed E-state index contributed by atoms with van der Waals surface area (Å²) in [5, 5.41) is 1.72. The van der Waals surface area contributed by atoms with E-state index in [0.717, 1.165) is 27.4 Å². The highest BCUT2D eigenvalue weighted by Gasteiger charge is 2.22. The minimum absolute atomic E-state index is 0.275. The summed E-state index contributed by atoms with van der Waals surface area (Å²) in [5.74, 6) is 0.560. The summed E-state index contributed by atoms with van der Waals surface area (Å²) >= 11 is 0. The highest BCUT2D eigenvalue weighted by Crippen LogP contribution is 2.29. The molecule has 0 radical (unpaired) electrons. The Morgan fingerprint density at radius 3 is 1.96 bits per heavy atom. The first kappa shape index (κ1) is 16.3. The van der Waals surface area contributed by atoms with Gasteiger partial charge in [-0.05, 0) is 29.7 Å². The molecule has 0 unspecified atom stereocenters. The van der Waals surface area contributed by atoms with E-state index in [0.29, 0.717) is 11.3 Å². The van der Waals surface area contributed by atoms with Crippen molar-refractivity contribution in [1.82, 2.24) is 0 Å². The minimum Gasteiger partial charge on any atom is -0.423 e. The molecule has 0 amide bonds. The van der Waals surface area contributed by atoms with Crippen molar-refractivity contribution in [2.75, 3.05) is 0 Å². The summed E-state index contributed by atoms with van der Waals surface area (Å²) in [7, 11) is 0. The predicted molar refractivity (Wildman–Crippen MR) is 103 cm³/mol. The van der Waals surface area contributed by atoms with Crippen LogP contribution in [0.25, 0.3) is 21.8 Å². The Morgan fingerprint density at radius 2 is 1.35 bits per heavy atom. The Hall–Kier alpha value is -3.20. The SMILES string of the molecule is CC(C)c1ccccc1OC(=O)c1c2ccccc2[nH+]c2ccccc12. The number of H-pyrrole nitrogens is 1. The number of aromatic amines is 1. The van der Waals surface area contributed by atoms with Crippen LogP contribution in [0.3, 0.4) is 0 Å². The summed E-state index contributed by atoms with van der Waals surface area (Å²) in [6, 6.07) is 23.3. The minimum atomic E-state index is -0.334. The second-order valence-electron chi connectivity index (χ2n) is 6.67. The topological polar surface area (TPSA) is 40.4 Å². The molecule has 3 nitrogen and oxygen atoms in total. The van der Waals surface area contributed by atoms with Gasteiger partial charge in [0.15, 0.2) is 0 Å². The molecule has 0 aliphatic rings. The molecule has 0 bridgehead atoms. The molecule has 26 heavy (non-hydrogen) atoms. The molecule has 1 N–H and O–H groups in total. The Labute approximate surface area is 152 Å². The fourth-order valence-corrected chi connectivity index (χ4v) is 3.33. The molecular weight excluding hydrogens is 322 g/mol. The molecule has 0 saturated heterocycles. The molecule has 0 fully saturated rings. The van der Waals surface area contributed by atoms with Crippen LogP contribution in [-0.4, -0.2) is 5.97 Å². The van der Waals surface area contributed by atoms with E-state index in [1.54, 1.807) is 0 Å². The number of para-hydroxylation sites is 3. The average molecular weight is 342 g/mol. The van der Waals surface area contributed by atoms with Crippen LogP contribution in [-0.2, 0) is 0 Å². The Balaban J connectivity index is 1.89. The van der Waals surface area contributed by atoms with Gasteiger partial charge in [0.05, 0.1) is 16.3 Å². The van der Waals surface area contributed by atoms with Crippen molar-refractivity contribution >= 4 is 27.8 Å². The molecule has 0 aliphatic heterocycles. The Kier molecular flexibility index (Phi) is 4.13. The van der Waals surface area contributed by atoms with E-state index >= 15 is 0 Å². The van der Waals surface area contributed by atoms with Crippen LogP contribution >= 0.6 is 0 Å². The van der Waals surface area contributed by atoms with E-state index in [1.165, 1.54) is 0 Å². The van der Waals surface area contributed by atoms with Gasteiger partial charge in [0.2, 0.25) is 11.0 Å². The van der Waals surface area contributed by atoms with Gasteiger partial charge in [-0.15, -0.1) is 0 Å². The maximum absolute atomic E-state index is 13.2. The maximum atomic E-state index is 13.2. The lowest BCUT2D eigenvalue weighted by molar-refractivity contribution is -0.310. The number of hydrogen-bond acceptors (Lipinski definition) is 2. The highest BCUT2D eigenvalue weighted by molar-refractivity contribution is 6.13. The van der Waals surface area contributed by atoms with Crippen molar-refractivity contribution in [3.8, 4) is 5.75 Å². The fraction of sp³-hybridized carbons (Fsp3) is 0.130. The molecule has 0 spiro atoms. The third-order valence-electron chi connectivity index (χ3n) is 4.61. The molecule has 0 saturated carbocycles. The summed E-state index contributed by atoms with van der Waals surface area (Å²) < 4.78 is 5.86. The molecule has 1 aromatic heterocycles. The molecule has 0 atom stereocenters. The van der Waals surface area contributed by atoms with Crippen LogP contribution in [0, 0.1) is 0 Å². The number of carbonyl (C=O) groups excluding carboxylic acids is 1. The Morgan fingerprint density at radius 1 is 0.808 bits per heavy atom. The average Bonchev–Trinajstić information content (AvgIpc) is 2.66. The molecule has 0 aliphatic carbocycles. The molecule has 1 heterocycles. The number of fused-ring (bicyclic) bond motifs is 2. The van der Waals surface area contributed by atoms with Crippen LogP contribution in [0.15, 0.2) is 72.8 Å². The van der Waals surface area contributed by atoms with Gasteiger partial charge in [-0.25, -0.2) is 9.78 Å². The van der Waals surface area contributed by atoms with Gasteiger partial charge in [0.25, 0.3) is 0 Å². The molecule has 128 valence electrons. The van der Waals surface area contributed by atoms with E-state index in [2.05, 4.69) is 18.8 Å². The van der Waals surface area contributed by atoms with E-state index in [1.807, 2.05) is 72.8 Å². The number of benzene rings is 3. The van der Waals surface area contributed by atoms with E-state index in [-0.39, 0.29) is 11.9 Å². The van der Waals surface area contributed by atoms with Gasteiger partial charge in [0.1, 0.15) is 5.75 Å². The number of nitrogens with one attached hydrogen (secondary N) is 1. The van der Waals surface area contributed by atoms with Gasteiger partial charge >= 0.3 is 5.97 Å². The summed E-state index contributed by atoms with van der Waals surface area (Å²) in [4.78, 5) is 16.6. The normalized spacial score (nSPS) is 11.2. The second-order valence-corrected chi connectivity index (χ2v) is 6.67.